The first kappa shape index (κ1) is 25.1. The number of para-hydroxylation sites is 3. The fraction of sp³-hybridized carbons (Fsp3) is 0. The summed E-state index contributed by atoms with van der Waals surface area (Å²) in [6.07, 6.45) is 0. The first-order chi connectivity index (χ1) is 22.8. The van der Waals surface area contributed by atoms with Crippen LogP contribution in [0.3, 0.4) is 0 Å². The highest BCUT2D eigenvalue weighted by Crippen LogP contribution is 2.38. The van der Waals surface area contributed by atoms with Crippen molar-refractivity contribution in [2.24, 2.45) is 0 Å². The van der Waals surface area contributed by atoms with Crippen molar-refractivity contribution in [2.45, 2.75) is 0 Å². The number of hydrogen-bond donors (Lipinski definition) is 0. The smallest absolute Gasteiger partial charge is 0.160 e. The van der Waals surface area contributed by atoms with Crippen LogP contribution in [0.4, 0.5) is 0 Å². The van der Waals surface area contributed by atoms with Gasteiger partial charge in [0.05, 0.1) is 11.2 Å². The minimum atomic E-state index is 0.666. The van der Waals surface area contributed by atoms with Gasteiger partial charge in [-0.15, -0.1) is 0 Å². The molecule has 0 saturated heterocycles. The van der Waals surface area contributed by atoms with Gasteiger partial charge in [-0.3, -0.25) is 0 Å². The van der Waals surface area contributed by atoms with Crippen LogP contribution in [0, 0.1) is 0 Å². The number of fused-ring (bicyclic) bond motifs is 9. The van der Waals surface area contributed by atoms with Crippen molar-refractivity contribution in [3.63, 3.8) is 0 Å². The van der Waals surface area contributed by atoms with Crippen LogP contribution in [0.1, 0.15) is 0 Å². The second-order valence-corrected chi connectivity index (χ2v) is 11.8. The predicted molar refractivity (Wildman–Crippen MR) is 188 cm³/mol. The first-order valence-electron chi connectivity index (χ1n) is 15.4. The molecule has 0 fully saturated rings. The zero-order chi connectivity index (χ0) is 30.2. The van der Waals surface area contributed by atoms with E-state index in [1.807, 2.05) is 48.5 Å². The van der Waals surface area contributed by atoms with Crippen molar-refractivity contribution in [2.75, 3.05) is 0 Å². The van der Waals surface area contributed by atoms with Gasteiger partial charge in [-0.2, -0.15) is 0 Å². The summed E-state index contributed by atoms with van der Waals surface area (Å²) < 4.78 is 12.6. The van der Waals surface area contributed by atoms with Crippen LogP contribution in [0.5, 0.6) is 0 Å². The molecule has 0 aliphatic heterocycles. The Morgan fingerprint density at radius 3 is 1.91 bits per heavy atom. The highest BCUT2D eigenvalue weighted by Gasteiger charge is 2.15. The van der Waals surface area contributed by atoms with E-state index in [-0.39, 0.29) is 0 Å². The van der Waals surface area contributed by atoms with E-state index >= 15 is 0 Å². The number of hydrogen-bond acceptors (Lipinski definition) is 4. The molecule has 214 valence electrons. The molecular formula is C42H24N2O2. The molecule has 7 aromatic carbocycles. The molecule has 3 aromatic heterocycles. The van der Waals surface area contributed by atoms with E-state index < -0.39 is 0 Å². The molecule has 0 radical (unpaired) electrons. The summed E-state index contributed by atoms with van der Waals surface area (Å²) in [5.74, 6) is 0.666. The fourth-order valence-corrected chi connectivity index (χ4v) is 6.82. The summed E-state index contributed by atoms with van der Waals surface area (Å²) in [5.41, 5.74) is 9.51. The molecule has 0 saturated carbocycles. The summed E-state index contributed by atoms with van der Waals surface area (Å²) in [4.78, 5) is 10.2. The Labute approximate surface area is 263 Å². The normalized spacial score (nSPS) is 11.9. The third-order valence-electron chi connectivity index (χ3n) is 9.07. The van der Waals surface area contributed by atoms with E-state index in [0.29, 0.717) is 5.82 Å². The van der Waals surface area contributed by atoms with Gasteiger partial charge in [0, 0.05) is 43.4 Å². The molecule has 4 heteroatoms. The second-order valence-electron chi connectivity index (χ2n) is 11.8. The number of rotatable bonds is 3. The van der Waals surface area contributed by atoms with Crippen molar-refractivity contribution in [3.8, 4) is 33.8 Å². The van der Waals surface area contributed by atoms with Crippen LogP contribution < -0.4 is 0 Å². The van der Waals surface area contributed by atoms with Crippen molar-refractivity contribution in [3.05, 3.63) is 146 Å². The molecule has 0 unspecified atom stereocenters. The highest BCUT2D eigenvalue weighted by molar-refractivity contribution is 6.15. The molecule has 10 aromatic rings. The summed E-state index contributed by atoms with van der Waals surface area (Å²) in [6, 6.07) is 50.4. The standard InChI is InChI=1S/C42H24N2O2/c1-4-13-36-34(12-1)40(44-42(43-36)29-19-20-32-30-10-2-5-14-37(30)45-39(32)24-29)28-9-7-8-26(22-28)27-17-16-25-18-21-33-31-11-3-6-15-38(31)46-41(33)35(25)23-27/h1-24H. The molecule has 0 N–H and O–H groups in total. The minimum Gasteiger partial charge on any atom is -0.456 e. The summed E-state index contributed by atoms with van der Waals surface area (Å²) in [6.45, 7) is 0. The molecule has 0 spiro atoms. The number of nitrogens with zero attached hydrogens (tertiary/aromatic N) is 2. The minimum absolute atomic E-state index is 0.666. The molecule has 46 heavy (non-hydrogen) atoms. The van der Waals surface area contributed by atoms with Gasteiger partial charge in [-0.25, -0.2) is 9.97 Å². The lowest BCUT2D eigenvalue weighted by atomic mass is 9.97. The Kier molecular flexibility index (Phi) is 5.25. The molecule has 0 amide bonds. The SMILES string of the molecule is c1cc(-c2ccc3ccc4c5ccccc5oc4c3c2)cc(-c2nc(-c3ccc4c(c3)oc3ccccc34)nc3ccccc23)c1. The zero-order valence-electron chi connectivity index (χ0n) is 24.6. The van der Waals surface area contributed by atoms with Gasteiger partial charge < -0.3 is 8.83 Å². The van der Waals surface area contributed by atoms with Gasteiger partial charge in [-0.1, -0.05) is 97.1 Å². The van der Waals surface area contributed by atoms with E-state index in [2.05, 4.69) is 97.1 Å². The lowest BCUT2D eigenvalue weighted by Crippen LogP contribution is -1.95. The van der Waals surface area contributed by atoms with Gasteiger partial charge in [0.1, 0.15) is 22.3 Å². The first-order valence-corrected chi connectivity index (χ1v) is 15.4. The van der Waals surface area contributed by atoms with Gasteiger partial charge in [0.15, 0.2) is 5.82 Å². The van der Waals surface area contributed by atoms with Crippen molar-refractivity contribution in [1.82, 2.24) is 9.97 Å². The van der Waals surface area contributed by atoms with Crippen LogP contribution >= 0.6 is 0 Å². The Balaban J connectivity index is 1.12. The molecule has 0 aliphatic carbocycles. The van der Waals surface area contributed by atoms with E-state index in [0.717, 1.165) is 93.5 Å². The maximum atomic E-state index is 6.37. The number of aromatic nitrogens is 2. The molecule has 0 aliphatic rings. The van der Waals surface area contributed by atoms with E-state index in [4.69, 9.17) is 18.8 Å². The van der Waals surface area contributed by atoms with Gasteiger partial charge in [-0.05, 0) is 65.0 Å². The lowest BCUT2D eigenvalue weighted by molar-refractivity contribution is 0.669. The number of benzene rings is 7. The van der Waals surface area contributed by atoms with Crippen LogP contribution in [0.15, 0.2) is 154 Å². The lowest BCUT2D eigenvalue weighted by Gasteiger charge is -2.11. The van der Waals surface area contributed by atoms with Crippen molar-refractivity contribution < 1.29 is 8.83 Å². The van der Waals surface area contributed by atoms with Crippen molar-refractivity contribution in [1.29, 1.82) is 0 Å². The zero-order valence-corrected chi connectivity index (χ0v) is 24.6. The van der Waals surface area contributed by atoms with Gasteiger partial charge >= 0.3 is 0 Å². The van der Waals surface area contributed by atoms with Crippen LogP contribution in [0.2, 0.25) is 0 Å². The third-order valence-corrected chi connectivity index (χ3v) is 9.07. The van der Waals surface area contributed by atoms with Crippen LogP contribution in [-0.4, -0.2) is 9.97 Å². The maximum absolute atomic E-state index is 6.37. The molecular weight excluding hydrogens is 564 g/mol. The van der Waals surface area contributed by atoms with E-state index in [9.17, 15) is 0 Å². The fourth-order valence-electron chi connectivity index (χ4n) is 6.82. The average Bonchev–Trinajstić information content (AvgIpc) is 3.69. The summed E-state index contributed by atoms with van der Waals surface area (Å²) >= 11 is 0. The second kappa shape index (κ2) is 9.62. The van der Waals surface area contributed by atoms with Gasteiger partial charge in [0.25, 0.3) is 0 Å². The van der Waals surface area contributed by atoms with Gasteiger partial charge in [0.2, 0.25) is 0 Å². The highest BCUT2D eigenvalue weighted by atomic mass is 16.3. The average molecular weight is 589 g/mol. The topological polar surface area (TPSA) is 52.1 Å². The molecule has 10 rings (SSSR count). The largest absolute Gasteiger partial charge is 0.456 e. The molecule has 4 nitrogen and oxygen atoms in total. The van der Waals surface area contributed by atoms with Crippen LogP contribution in [0.25, 0.3) is 99.3 Å². The summed E-state index contributed by atoms with van der Waals surface area (Å²) in [7, 11) is 0. The van der Waals surface area contributed by atoms with E-state index in [1.54, 1.807) is 0 Å². The Morgan fingerprint density at radius 2 is 1.02 bits per heavy atom. The Hall–Kier alpha value is -6.26. The molecule has 0 bridgehead atoms. The molecule has 0 atom stereocenters. The van der Waals surface area contributed by atoms with Crippen molar-refractivity contribution >= 4 is 65.6 Å². The quantitative estimate of drug-likeness (QED) is 0.206. The van der Waals surface area contributed by atoms with Crippen LogP contribution in [-0.2, 0) is 0 Å². The van der Waals surface area contributed by atoms with E-state index in [1.165, 1.54) is 0 Å². The number of furan rings is 2. The molecule has 3 heterocycles. The predicted octanol–water partition coefficient (Wildman–Crippen LogP) is 11.6. The maximum Gasteiger partial charge on any atom is 0.160 e. The Bertz CT molecular complexity index is 2820. The monoisotopic (exact) mass is 588 g/mol. The third kappa shape index (κ3) is 3.80. The Morgan fingerprint density at radius 1 is 0.370 bits per heavy atom. The summed E-state index contributed by atoms with van der Waals surface area (Å²) in [5, 5.41) is 7.73.